The van der Waals surface area contributed by atoms with E-state index in [2.05, 4.69) is 32.7 Å². The number of nitrogens with one attached hydrogen (secondary N) is 1. The van der Waals surface area contributed by atoms with Gasteiger partial charge in [0.05, 0.1) is 0 Å². The Balaban J connectivity index is 3.43. The molecule has 1 N–H and O–H groups in total. The molecule has 1 atom stereocenters. The standard InChI is InChI=1S/C9H19NS/c1-5-9(10-6-2)7-11-8(3)4/h5,8-10H,1,6-7H2,2-4H3. The molecule has 0 amide bonds. The van der Waals surface area contributed by atoms with E-state index in [0.717, 1.165) is 17.5 Å². The Morgan fingerprint density at radius 2 is 2.18 bits per heavy atom. The Kier molecular flexibility index (Phi) is 6.77. The van der Waals surface area contributed by atoms with Gasteiger partial charge in [-0.3, -0.25) is 0 Å². The van der Waals surface area contributed by atoms with Crippen LogP contribution in [0.1, 0.15) is 20.8 Å². The fourth-order valence-electron chi connectivity index (χ4n) is 0.769. The van der Waals surface area contributed by atoms with Gasteiger partial charge in [0, 0.05) is 11.8 Å². The number of likely N-dealkylation sites (N-methyl/N-ethyl adjacent to an activating group) is 1. The van der Waals surface area contributed by atoms with Crippen molar-refractivity contribution in [2.75, 3.05) is 12.3 Å². The first-order valence-electron chi connectivity index (χ1n) is 4.18. The molecule has 0 rings (SSSR count). The Morgan fingerprint density at radius 3 is 2.55 bits per heavy atom. The molecule has 0 saturated carbocycles. The van der Waals surface area contributed by atoms with Gasteiger partial charge in [-0.2, -0.15) is 11.8 Å². The summed E-state index contributed by atoms with van der Waals surface area (Å²) in [6, 6.07) is 0.479. The van der Waals surface area contributed by atoms with Gasteiger partial charge >= 0.3 is 0 Å². The lowest BCUT2D eigenvalue weighted by molar-refractivity contribution is 0.668. The molecule has 0 saturated heterocycles. The topological polar surface area (TPSA) is 12.0 Å². The van der Waals surface area contributed by atoms with Crippen LogP contribution in [0.4, 0.5) is 0 Å². The number of thioether (sulfide) groups is 1. The fourth-order valence-corrected chi connectivity index (χ4v) is 1.61. The summed E-state index contributed by atoms with van der Waals surface area (Å²) in [5.41, 5.74) is 0. The highest BCUT2D eigenvalue weighted by atomic mass is 32.2. The average molecular weight is 173 g/mol. The third kappa shape index (κ3) is 6.45. The minimum atomic E-state index is 0.479. The Labute approximate surface area is 74.6 Å². The van der Waals surface area contributed by atoms with Gasteiger partial charge in [0.15, 0.2) is 0 Å². The van der Waals surface area contributed by atoms with Crippen LogP contribution in [-0.4, -0.2) is 23.6 Å². The van der Waals surface area contributed by atoms with Crippen LogP contribution in [0.25, 0.3) is 0 Å². The van der Waals surface area contributed by atoms with Crippen molar-refractivity contribution in [3.05, 3.63) is 12.7 Å². The van der Waals surface area contributed by atoms with E-state index in [-0.39, 0.29) is 0 Å². The predicted molar refractivity (Wildman–Crippen MR) is 55.3 cm³/mol. The zero-order valence-corrected chi connectivity index (χ0v) is 8.58. The van der Waals surface area contributed by atoms with E-state index < -0.39 is 0 Å². The second-order valence-electron chi connectivity index (χ2n) is 2.78. The van der Waals surface area contributed by atoms with Crippen molar-refractivity contribution >= 4 is 11.8 Å². The van der Waals surface area contributed by atoms with Crippen molar-refractivity contribution in [3.8, 4) is 0 Å². The molecule has 0 aliphatic carbocycles. The number of hydrogen-bond acceptors (Lipinski definition) is 2. The summed E-state index contributed by atoms with van der Waals surface area (Å²) >= 11 is 1.97. The van der Waals surface area contributed by atoms with Crippen molar-refractivity contribution in [2.24, 2.45) is 0 Å². The summed E-state index contributed by atoms with van der Waals surface area (Å²) in [4.78, 5) is 0. The van der Waals surface area contributed by atoms with E-state index >= 15 is 0 Å². The van der Waals surface area contributed by atoms with Gasteiger partial charge in [0.2, 0.25) is 0 Å². The van der Waals surface area contributed by atoms with E-state index in [1.807, 2.05) is 17.8 Å². The molecule has 2 heteroatoms. The normalized spacial score (nSPS) is 13.5. The molecule has 0 aromatic heterocycles. The molecule has 0 heterocycles. The molecule has 66 valence electrons. The van der Waals surface area contributed by atoms with E-state index in [0.29, 0.717) is 6.04 Å². The summed E-state index contributed by atoms with van der Waals surface area (Å²) in [7, 11) is 0. The van der Waals surface area contributed by atoms with Gasteiger partial charge < -0.3 is 5.32 Å². The molecule has 0 aromatic rings. The summed E-state index contributed by atoms with van der Waals surface area (Å²) in [5.74, 6) is 1.13. The van der Waals surface area contributed by atoms with Crippen LogP contribution in [0, 0.1) is 0 Å². The number of hydrogen-bond donors (Lipinski definition) is 1. The summed E-state index contributed by atoms with van der Waals surface area (Å²) in [5, 5.41) is 4.07. The van der Waals surface area contributed by atoms with Crippen LogP contribution in [0.3, 0.4) is 0 Å². The van der Waals surface area contributed by atoms with Crippen molar-refractivity contribution in [3.63, 3.8) is 0 Å². The van der Waals surface area contributed by atoms with Crippen LogP contribution in [-0.2, 0) is 0 Å². The van der Waals surface area contributed by atoms with Crippen LogP contribution in [0.5, 0.6) is 0 Å². The monoisotopic (exact) mass is 173 g/mol. The smallest absolute Gasteiger partial charge is 0.0338 e. The van der Waals surface area contributed by atoms with Gasteiger partial charge in [-0.1, -0.05) is 26.8 Å². The maximum Gasteiger partial charge on any atom is 0.0338 e. The molecule has 1 nitrogen and oxygen atoms in total. The van der Waals surface area contributed by atoms with Crippen molar-refractivity contribution in [1.29, 1.82) is 0 Å². The fraction of sp³-hybridized carbons (Fsp3) is 0.778. The van der Waals surface area contributed by atoms with Gasteiger partial charge in [0.1, 0.15) is 0 Å². The summed E-state index contributed by atoms with van der Waals surface area (Å²) in [6.45, 7) is 11.4. The molecule has 0 aliphatic heterocycles. The van der Waals surface area contributed by atoms with E-state index in [9.17, 15) is 0 Å². The quantitative estimate of drug-likeness (QED) is 0.619. The van der Waals surface area contributed by atoms with Gasteiger partial charge in [-0.25, -0.2) is 0 Å². The molecule has 0 bridgehead atoms. The first-order chi connectivity index (χ1) is 5.20. The average Bonchev–Trinajstić information content (AvgIpc) is 1.97. The van der Waals surface area contributed by atoms with Crippen LogP contribution in [0.2, 0.25) is 0 Å². The molecule has 0 spiro atoms. The van der Waals surface area contributed by atoms with E-state index in [1.54, 1.807) is 0 Å². The molecule has 11 heavy (non-hydrogen) atoms. The third-order valence-corrected chi connectivity index (χ3v) is 2.58. The highest BCUT2D eigenvalue weighted by molar-refractivity contribution is 7.99. The second kappa shape index (κ2) is 6.74. The largest absolute Gasteiger partial charge is 0.310 e. The van der Waals surface area contributed by atoms with Crippen molar-refractivity contribution in [1.82, 2.24) is 5.32 Å². The van der Waals surface area contributed by atoms with E-state index in [1.165, 1.54) is 0 Å². The molecule has 0 aliphatic rings. The highest BCUT2D eigenvalue weighted by Crippen LogP contribution is 2.10. The summed E-state index contributed by atoms with van der Waals surface area (Å²) < 4.78 is 0. The second-order valence-corrected chi connectivity index (χ2v) is 4.39. The zero-order chi connectivity index (χ0) is 8.69. The number of rotatable bonds is 6. The maximum atomic E-state index is 3.78. The van der Waals surface area contributed by atoms with Gasteiger partial charge in [0.25, 0.3) is 0 Å². The predicted octanol–water partition coefficient (Wildman–Crippen LogP) is 2.29. The Morgan fingerprint density at radius 1 is 1.55 bits per heavy atom. The maximum absolute atomic E-state index is 3.78. The zero-order valence-electron chi connectivity index (χ0n) is 7.76. The molecule has 0 fully saturated rings. The lowest BCUT2D eigenvalue weighted by atomic mass is 10.3. The van der Waals surface area contributed by atoms with E-state index in [4.69, 9.17) is 0 Å². The minimum Gasteiger partial charge on any atom is -0.310 e. The highest BCUT2D eigenvalue weighted by Gasteiger charge is 2.02. The lowest BCUT2D eigenvalue weighted by Gasteiger charge is -2.13. The molecule has 0 aromatic carbocycles. The van der Waals surface area contributed by atoms with Crippen molar-refractivity contribution in [2.45, 2.75) is 32.1 Å². The lowest BCUT2D eigenvalue weighted by Crippen LogP contribution is -2.29. The van der Waals surface area contributed by atoms with Gasteiger partial charge in [-0.05, 0) is 11.8 Å². The van der Waals surface area contributed by atoms with Crippen LogP contribution < -0.4 is 5.32 Å². The van der Waals surface area contributed by atoms with Crippen LogP contribution in [0.15, 0.2) is 12.7 Å². The molecule has 0 radical (unpaired) electrons. The molecular formula is C9H19NS. The van der Waals surface area contributed by atoms with Crippen molar-refractivity contribution < 1.29 is 0 Å². The first kappa shape index (κ1) is 11.1. The molecular weight excluding hydrogens is 154 g/mol. The SMILES string of the molecule is C=CC(CSC(C)C)NCC. The first-order valence-corrected chi connectivity index (χ1v) is 5.23. The third-order valence-electron chi connectivity index (χ3n) is 1.36. The Bertz CT molecular complexity index is 102. The summed E-state index contributed by atoms with van der Waals surface area (Å²) in [6.07, 6.45) is 1.98. The Hall–Kier alpha value is 0.0500. The molecule has 1 unspecified atom stereocenters. The van der Waals surface area contributed by atoms with Gasteiger partial charge in [-0.15, -0.1) is 6.58 Å². The van der Waals surface area contributed by atoms with Crippen LogP contribution >= 0.6 is 11.8 Å². The minimum absolute atomic E-state index is 0.479.